The monoisotopic (exact) mass is 596 g/mol. The van der Waals surface area contributed by atoms with Crippen LogP contribution in [0.1, 0.15) is 5.69 Å². The van der Waals surface area contributed by atoms with Crippen molar-refractivity contribution in [1.29, 1.82) is 0 Å². The van der Waals surface area contributed by atoms with Crippen molar-refractivity contribution < 1.29 is 38.8 Å². The molecule has 2 amide bonds. The topological polar surface area (TPSA) is 253 Å². The van der Waals surface area contributed by atoms with Crippen LogP contribution >= 0.6 is 34.9 Å². The Bertz CT molecular complexity index is 1430. The molecule has 4 rings (SSSR count). The first-order valence-corrected chi connectivity index (χ1v) is 13.8. The van der Waals surface area contributed by atoms with Crippen molar-refractivity contribution in [1.82, 2.24) is 20.2 Å². The van der Waals surface area contributed by atoms with Gasteiger partial charge in [-0.3, -0.25) is 14.5 Å². The number of carboxylic acids is 2. The Labute approximate surface area is 232 Å². The number of nitrogen functional groups attached to an aromatic ring is 3. The van der Waals surface area contributed by atoms with E-state index in [-0.39, 0.29) is 39.6 Å². The van der Waals surface area contributed by atoms with Crippen molar-refractivity contribution in [3.63, 3.8) is 0 Å². The summed E-state index contributed by atoms with van der Waals surface area (Å²) in [5, 5.41) is 26.1. The fourth-order valence-corrected chi connectivity index (χ4v) is 6.65. The Balaban J connectivity index is 1.51. The lowest BCUT2D eigenvalue weighted by Gasteiger charge is -2.49. The molecule has 2 aromatic rings. The standard InChI is InChI=1S/C20H21N9O7S3/c1-28-10(22)2-9(21)25-20(28)39-5-7-4-37-17-13(16(33)29(17)14(7)18(34)35)26-15(32)12(27-36-3-11(30)31)8-6-38-19(23)24-8/h2,6,13,17H,3-5H2,1H3,(H8,21,22,23,24,26,30,31,32,34,35)/p+1/b27-12-. The SMILES string of the molecule is C[n+]1c(N)cc(N)nc1SCC1=C(C(=O)O)N2C(=O)C(NC(=O)/C(=N\OCC(=O)O)c3csc(N)n3)C2SC1. The Kier molecular flexibility index (Phi) is 8.11. The number of rotatable bonds is 10. The molecule has 2 aliphatic rings. The molecular weight excluding hydrogens is 574 g/mol. The molecule has 4 heterocycles. The van der Waals surface area contributed by atoms with Gasteiger partial charge in [-0.15, -0.1) is 23.1 Å². The lowest BCUT2D eigenvalue weighted by Crippen LogP contribution is -2.71. The van der Waals surface area contributed by atoms with Gasteiger partial charge in [0.1, 0.15) is 22.8 Å². The molecule has 0 bridgehead atoms. The molecule has 0 aromatic carbocycles. The molecule has 0 radical (unpaired) electrons. The highest BCUT2D eigenvalue weighted by atomic mass is 32.2. The van der Waals surface area contributed by atoms with Crippen molar-refractivity contribution in [2.75, 3.05) is 35.3 Å². The van der Waals surface area contributed by atoms with Gasteiger partial charge in [0.2, 0.25) is 18.2 Å². The number of thioether (sulfide) groups is 2. The number of nitrogens with one attached hydrogen (secondary N) is 1. The highest BCUT2D eigenvalue weighted by molar-refractivity contribution is 8.01. The number of nitrogens with two attached hydrogens (primary N) is 3. The number of anilines is 3. The van der Waals surface area contributed by atoms with Crippen LogP contribution in [-0.2, 0) is 31.1 Å². The molecule has 2 atom stereocenters. The van der Waals surface area contributed by atoms with Gasteiger partial charge in [-0.1, -0.05) is 10.1 Å². The van der Waals surface area contributed by atoms with Gasteiger partial charge in [-0.05, 0) is 17.3 Å². The third kappa shape index (κ3) is 5.83. The van der Waals surface area contributed by atoms with Gasteiger partial charge in [0.25, 0.3) is 11.8 Å². The van der Waals surface area contributed by atoms with E-state index in [0.717, 1.165) is 16.2 Å². The predicted octanol–water partition coefficient (Wildman–Crippen LogP) is -1.55. The number of aromatic nitrogens is 3. The Morgan fingerprint density at radius 2 is 2.05 bits per heavy atom. The lowest BCUT2D eigenvalue weighted by atomic mass is 10.0. The smallest absolute Gasteiger partial charge is 0.352 e. The van der Waals surface area contributed by atoms with Crippen LogP contribution in [0.15, 0.2) is 33.0 Å². The summed E-state index contributed by atoms with van der Waals surface area (Å²) >= 11 is 3.51. The third-order valence-corrected chi connectivity index (χ3v) is 8.56. The molecular formula is C20H22N9O7S3+. The minimum atomic E-state index is -1.31. The van der Waals surface area contributed by atoms with E-state index in [1.165, 1.54) is 35.0 Å². The zero-order valence-corrected chi connectivity index (χ0v) is 22.5. The molecule has 206 valence electrons. The van der Waals surface area contributed by atoms with Gasteiger partial charge in [0.05, 0.1) is 13.1 Å². The van der Waals surface area contributed by atoms with Gasteiger partial charge < -0.3 is 37.6 Å². The van der Waals surface area contributed by atoms with Gasteiger partial charge >= 0.3 is 17.1 Å². The molecule has 0 saturated carbocycles. The summed E-state index contributed by atoms with van der Waals surface area (Å²) in [5.41, 5.74) is 17.2. The maximum Gasteiger partial charge on any atom is 0.352 e. The minimum Gasteiger partial charge on any atom is -0.479 e. The number of amides is 2. The van der Waals surface area contributed by atoms with E-state index in [4.69, 9.17) is 27.1 Å². The number of hydrogen-bond donors (Lipinski definition) is 6. The van der Waals surface area contributed by atoms with Crippen molar-refractivity contribution in [2.24, 2.45) is 12.2 Å². The van der Waals surface area contributed by atoms with Crippen LogP contribution < -0.4 is 27.1 Å². The highest BCUT2D eigenvalue weighted by Gasteiger charge is 2.54. The van der Waals surface area contributed by atoms with Crippen molar-refractivity contribution >= 4 is 81.1 Å². The number of oxime groups is 1. The number of carbonyl (C=O) groups excluding carboxylic acids is 2. The van der Waals surface area contributed by atoms with Crippen LogP contribution in [0.25, 0.3) is 0 Å². The van der Waals surface area contributed by atoms with Crippen LogP contribution in [0, 0.1) is 0 Å². The minimum absolute atomic E-state index is 0.0229. The average molecular weight is 597 g/mol. The number of hydrogen-bond acceptors (Lipinski definition) is 14. The molecule has 9 N–H and O–H groups in total. The van der Waals surface area contributed by atoms with E-state index < -0.39 is 41.8 Å². The third-order valence-electron chi connectivity index (χ3n) is 5.43. The number of β-lactam (4-membered cyclic amide) rings is 1. The summed E-state index contributed by atoms with van der Waals surface area (Å²) in [4.78, 5) is 63.0. The molecule has 0 spiro atoms. The van der Waals surface area contributed by atoms with E-state index in [2.05, 4.69) is 20.4 Å². The first kappa shape index (κ1) is 27.9. The maximum absolute atomic E-state index is 13.0. The number of nitrogens with zero attached hydrogens (tertiary/aromatic N) is 5. The Morgan fingerprint density at radius 3 is 2.69 bits per heavy atom. The second kappa shape index (κ2) is 11.3. The number of aliphatic carboxylic acids is 2. The molecule has 39 heavy (non-hydrogen) atoms. The van der Waals surface area contributed by atoms with Crippen molar-refractivity contribution in [3.05, 3.63) is 28.4 Å². The van der Waals surface area contributed by atoms with E-state index in [1.54, 1.807) is 11.6 Å². The largest absolute Gasteiger partial charge is 0.479 e. The molecule has 2 aromatic heterocycles. The second-order valence-electron chi connectivity index (χ2n) is 8.03. The van der Waals surface area contributed by atoms with Crippen LogP contribution in [0.4, 0.5) is 16.8 Å². The summed E-state index contributed by atoms with van der Waals surface area (Å²) in [6.45, 7) is -0.811. The van der Waals surface area contributed by atoms with Crippen LogP contribution in [0.3, 0.4) is 0 Å². The van der Waals surface area contributed by atoms with Crippen LogP contribution in [-0.4, -0.2) is 84.1 Å². The van der Waals surface area contributed by atoms with Gasteiger partial charge in [0, 0.05) is 16.9 Å². The quantitative estimate of drug-likeness (QED) is 0.0453. The molecule has 16 nitrogen and oxygen atoms in total. The summed E-state index contributed by atoms with van der Waals surface area (Å²) in [7, 11) is 1.69. The molecule has 2 unspecified atom stereocenters. The summed E-state index contributed by atoms with van der Waals surface area (Å²) < 4.78 is 1.61. The van der Waals surface area contributed by atoms with Gasteiger partial charge in [0.15, 0.2) is 10.8 Å². The maximum atomic E-state index is 13.0. The number of fused-ring (bicyclic) bond motifs is 1. The van der Waals surface area contributed by atoms with E-state index in [0.29, 0.717) is 16.5 Å². The van der Waals surface area contributed by atoms with E-state index >= 15 is 0 Å². The zero-order chi connectivity index (χ0) is 28.4. The van der Waals surface area contributed by atoms with Gasteiger partial charge in [-0.2, -0.15) is 0 Å². The summed E-state index contributed by atoms with van der Waals surface area (Å²) in [6, 6.07) is 0.428. The second-order valence-corrected chi connectivity index (χ2v) is 11.0. The molecule has 1 fully saturated rings. The Hall–Kier alpha value is -4.10. The average Bonchev–Trinajstić information content (AvgIpc) is 3.30. The van der Waals surface area contributed by atoms with E-state index in [9.17, 15) is 24.3 Å². The first-order chi connectivity index (χ1) is 18.5. The number of carboxylic acid groups (broad SMARTS) is 2. The number of carbonyl (C=O) groups is 4. The Morgan fingerprint density at radius 1 is 1.31 bits per heavy atom. The summed E-state index contributed by atoms with van der Waals surface area (Å²) in [5.74, 6) is -3.05. The molecule has 1 saturated heterocycles. The van der Waals surface area contributed by atoms with Crippen LogP contribution in [0.5, 0.6) is 0 Å². The zero-order valence-electron chi connectivity index (χ0n) is 20.1. The lowest BCUT2D eigenvalue weighted by molar-refractivity contribution is -0.698. The fourth-order valence-electron chi connectivity index (χ4n) is 3.61. The number of thiazole rings is 1. The first-order valence-electron chi connectivity index (χ1n) is 10.9. The molecule has 2 aliphatic heterocycles. The van der Waals surface area contributed by atoms with Gasteiger partial charge in [-0.25, -0.2) is 19.1 Å². The summed E-state index contributed by atoms with van der Waals surface area (Å²) in [6.07, 6.45) is 0. The van der Waals surface area contributed by atoms with E-state index in [1.807, 2.05) is 0 Å². The normalized spacial score (nSPS) is 18.8. The van der Waals surface area contributed by atoms with Crippen LogP contribution in [0.2, 0.25) is 0 Å². The molecule has 19 heteroatoms. The van der Waals surface area contributed by atoms with Crippen molar-refractivity contribution in [2.45, 2.75) is 16.6 Å². The molecule has 0 aliphatic carbocycles. The fraction of sp³-hybridized carbons (Fsp3) is 0.300. The predicted molar refractivity (Wildman–Crippen MR) is 141 cm³/mol. The van der Waals surface area contributed by atoms with Crippen molar-refractivity contribution in [3.8, 4) is 0 Å². The highest BCUT2D eigenvalue weighted by Crippen LogP contribution is 2.41.